The van der Waals surface area contributed by atoms with Crippen molar-refractivity contribution in [2.45, 2.75) is 25.9 Å². The third-order valence-corrected chi connectivity index (χ3v) is 6.11. The SMILES string of the molecule is C[Si](C)CCOCn1nccc1-c1ccc(Oc2ccc3cc(C=O)ccc3c2)nc1. The van der Waals surface area contributed by atoms with Gasteiger partial charge in [-0.1, -0.05) is 31.3 Å². The number of fused-ring (bicyclic) bond motifs is 1. The molecule has 7 heteroatoms. The maximum Gasteiger partial charge on any atom is 0.219 e. The molecule has 0 saturated heterocycles. The first-order valence-corrected chi connectivity index (χ1v) is 12.8. The molecule has 31 heavy (non-hydrogen) atoms. The van der Waals surface area contributed by atoms with Crippen molar-refractivity contribution >= 4 is 25.9 Å². The van der Waals surface area contributed by atoms with Crippen LogP contribution in [0.15, 0.2) is 67.0 Å². The van der Waals surface area contributed by atoms with Crippen LogP contribution in [0.1, 0.15) is 10.4 Å². The average Bonchev–Trinajstić information content (AvgIpc) is 3.25. The van der Waals surface area contributed by atoms with Crippen LogP contribution in [0.25, 0.3) is 22.0 Å². The molecule has 0 aliphatic carbocycles. The van der Waals surface area contributed by atoms with Gasteiger partial charge < -0.3 is 9.47 Å². The van der Waals surface area contributed by atoms with Crippen LogP contribution in [0.2, 0.25) is 19.1 Å². The van der Waals surface area contributed by atoms with Crippen molar-refractivity contribution in [2.75, 3.05) is 6.61 Å². The number of aromatic nitrogens is 3. The van der Waals surface area contributed by atoms with Gasteiger partial charge in [0.25, 0.3) is 0 Å². The molecule has 6 nitrogen and oxygen atoms in total. The molecule has 0 fully saturated rings. The first kappa shape index (κ1) is 21.0. The van der Waals surface area contributed by atoms with Crippen LogP contribution < -0.4 is 4.74 Å². The predicted molar refractivity (Wildman–Crippen MR) is 123 cm³/mol. The van der Waals surface area contributed by atoms with Crippen molar-refractivity contribution < 1.29 is 14.3 Å². The highest BCUT2D eigenvalue weighted by molar-refractivity contribution is 6.55. The van der Waals surface area contributed by atoms with Gasteiger partial charge in [-0.05, 0) is 47.1 Å². The molecule has 4 rings (SSSR count). The number of hydrogen-bond donors (Lipinski definition) is 0. The van der Waals surface area contributed by atoms with Crippen molar-refractivity contribution in [2.24, 2.45) is 0 Å². The van der Waals surface area contributed by atoms with Gasteiger partial charge in [0.2, 0.25) is 5.88 Å². The van der Waals surface area contributed by atoms with Crippen molar-refractivity contribution in [1.29, 1.82) is 0 Å². The zero-order valence-corrected chi connectivity index (χ0v) is 18.6. The summed E-state index contributed by atoms with van der Waals surface area (Å²) in [5.74, 6) is 1.20. The summed E-state index contributed by atoms with van der Waals surface area (Å²) in [5.41, 5.74) is 2.56. The molecule has 2 heterocycles. The normalized spacial score (nSPS) is 11.2. The highest BCUT2D eigenvalue weighted by atomic mass is 28.3. The van der Waals surface area contributed by atoms with Crippen molar-refractivity contribution in [3.05, 3.63) is 72.6 Å². The standard InChI is InChI=1S/C24H24N3O3Si/c1-31(2)12-11-29-17-27-23(9-10-26-27)21-6-8-24(25-15-21)30-22-7-5-19-13-18(16-28)3-4-20(19)14-22/h3-10,13-16H,11-12,17H2,1-2H3. The van der Waals surface area contributed by atoms with E-state index in [1.54, 1.807) is 18.5 Å². The molecule has 4 aromatic rings. The Morgan fingerprint density at radius 1 is 1.03 bits per heavy atom. The maximum atomic E-state index is 10.9. The van der Waals surface area contributed by atoms with E-state index >= 15 is 0 Å². The Hall–Kier alpha value is -3.29. The lowest BCUT2D eigenvalue weighted by atomic mass is 10.1. The molecule has 2 aromatic heterocycles. The lowest BCUT2D eigenvalue weighted by Crippen LogP contribution is -2.10. The van der Waals surface area contributed by atoms with E-state index in [4.69, 9.17) is 9.47 Å². The Bertz CT molecular complexity index is 1170. The summed E-state index contributed by atoms with van der Waals surface area (Å²) in [6.07, 6.45) is 4.39. The van der Waals surface area contributed by atoms with E-state index < -0.39 is 0 Å². The number of carbonyl (C=O) groups is 1. The molecular formula is C24H24N3O3Si. The fourth-order valence-corrected chi connectivity index (χ4v) is 3.75. The molecule has 0 saturated carbocycles. The molecule has 0 spiro atoms. The molecule has 1 radical (unpaired) electrons. The Morgan fingerprint density at radius 2 is 1.87 bits per heavy atom. The average molecular weight is 431 g/mol. The monoisotopic (exact) mass is 430 g/mol. The lowest BCUT2D eigenvalue weighted by Gasteiger charge is -2.10. The molecule has 157 valence electrons. The third kappa shape index (κ3) is 5.25. The second-order valence-corrected chi connectivity index (χ2v) is 10.5. The second-order valence-electron chi connectivity index (χ2n) is 7.58. The van der Waals surface area contributed by atoms with Gasteiger partial charge in [-0.15, -0.1) is 0 Å². The van der Waals surface area contributed by atoms with Gasteiger partial charge in [0, 0.05) is 45.0 Å². The molecule has 0 unspecified atom stereocenters. The third-order valence-electron chi connectivity index (χ3n) is 4.90. The van der Waals surface area contributed by atoms with Gasteiger partial charge in [-0.2, -0.15) is 5.10 Å². The molecule has 0 aliphatic rings. The number of hydrogen-bond acceptors (Lipinski definition) is 5. The van der Waals surface area contributed by atoms with Gasteiger partial charge in [-0.3, -0.25) is 4.79 Å². The number of pyridine rings is 1. The van der Waals surface area contributed by atoms with E-state index in [1.807, 2.05) is 53.2 Å². The zero-order valence-electron chi connectivity index (χ0n) is 17.6. The minimum atomic E-state index is -0.275. The fraction of sp³-hybridized carbons (Fsp3) is 0.208. The minimum absolute atomic E-state index is 0.275. The minimum Gasteiger partial charge on any atom is -0.439 e. The summed E-state index contributed by atoms with van der Waals surface area (Å²) in [6.45, 7) is 5.75. The Morgan fingerprint density at radius 3 is 2.65 bits per heavy atom. The van der Waals surface area contributed by atoms with Crippen molar-refractivity contribution in [3.63, 3.8) is 0 Å². The van der Waals surface area contributed by atoms with E-state index in [1.165, 1.54) is 0 Å². The van der Waals surface area contributed by atoms with Crippen LogP contribution in [0.4, 0.5) is 0 Å². The molecule has 0 atom stereocenters. The van der Waals surface area contributed by atoms with Crippen LogP contribution in [-0.4, -0.2) is 36.5 Å². The Balaban J connectivity index is 1.44. The summed E-state index contributed by atoms with van der Waals surface area (Å²) < 4.78 is 13.5. The first-order valence-electron chi connectivity index (χ1n) is 10.1. The summed E-state index contributed by atoms with van der Waals surface area (Å²) in [7, 11) is -0.275. The van der Waals surface area contributed by atoms with E-state index in [9.17, 15) is 4.79 Å². The van der Waals surface area contributed by atoms with Crippen LogP contribution in [0.5, 0.6) is 11.6 Å². The van der Waals surface area contributed by atoms with Crippen LogP contribution in [-0.2, 0) is 11.5 Å². The van der Waals surface area contributed by atoms with Gasteiger partial charge in [0.1, 0.15) is 18.8 Å². The lowest BCUT2D eigenvalue weighted by molar-refractivity contribution is 0.0801. The molecule has 0 aliphatic heterocycles. The van der Waals surface area contributed by atoms with Gasteiger partial charge in [0.05, 0.1) is 5.69 Å². The van der Waals surface area contributed by atoms with Crippen molar-refractivity contribution in [1.82, 2.24) is 14.8 Å². The smallest absolute Gasteiger partial charge is 0.219 e. The van der Waals surface area contributed by atoms with E-state index in [2.05, 4.69) is 23.2 Å². The molecule has 2 aromatic carbocycles. The molecule has 0 N–H and O–H groups in total. The van der Waals surface area contributed by atoms with Crippen LogP contribution in [0, 0.1) is 0 Å². The van der Waals surface area contributed by atoms with Crippen LogP contribution >= 0.6 is 0 Å². The molecule has 0 bridgehead atoms. The highest BCUT2D eigenvalue weighted by Crippen LogP contribution is 2.27. The van der Waals surface area contributed by atoms with Crippen LogP contribution in [0.3, 0.4) is 0 Å². The summed E-state index contributed by atoms with van der Waals surface area (Å²) in [4.78, 5) is 15.4. The number of ether oxygens (including phenoxy) is 2. The Labute approximate surface area is 183 Å². The number of benzene rings is 2. The summed E-state index contributed by atoms with van der Waals surface area (Å²) >= 11 is 0. The second kappa shape index (κ2) is 9.68. The number of nitrogens with zero attached hydrogens (tertiary/aromatic N) is 3. The van der Waals surface area contributed by atoms with E-state index in [0.717, 1.165) is 41.0 Å². The molecular weight excluding hydrogens is 406 g/mol. The van der Waals surface area contributed by atoms with Crippen molar-refractivity contribution in [3.8, 4) is 22.9 Å². The maximum absolute atomic E-state index is 10.9. The summed E-state index contributed by atoms with van der Waals surface area (Å²) in [6, 6.07) is 18.2. The predicted octanol–water partition coefficient (Wildman–Crippen LogP) is 5.43. The van der Waals surface area contributed by atoms with E-state index in [-0.39, 0.29) is 8.80 Å². The van der Waals surface area contributed by atoms with Gasteiger partial charge in [-0.25, -0.2) is 9.67 Å². The Kier molecular flexibility index (Phi) is 6.54. The number of aldehydes is 1. The largest absolute Gasteiger partial charge is 0.439 e. The first-order chi connectivity index (χ1) is 15.1. The summed E-state index contributed by atoms with van der Waals surface area (Å²) in [5, 5.41) is 6.35. The van der Waals surface area contributed by atoms with E-state index in [0.29, 0.717) is 23.9 Å². The van der Waals surface area contributed by atoms with Gasteiger partial charge in [0.15, 0.2) is 0 Å². The zero-order chi connectivity index (χ0) is 21.6. The number of carbonyl (C=O) groups excluding carboxylic acids is 1. The number of rotatable bonds is 9. The topological polar surface area (TPSA) is 66.2 Å². The fourth-order valence-electron chi connectivity index (χ4n) is 3.20. The highest BCUT2D eigenvalue weighted by Gasteiger charge is 2.08. The quantitative estimate of drug-likeness (QED) is 0.201. The molecule has 0 amide bonds. The van der Waals surface area contributed by atoms with Gasteiger partial charge >= 0.3 is 0 Å².